The van der Waals surface area contributed by atoms with Crippen LogP contribution < -0.4 is 11.2 Å². The average molecular weight is 391 g/mol. The number of nitrogens with one attached hydrogen (secondary N) is 1. The fraction of sp³-hybridized carbons (Fsp3) is 0.353. The number of aryl methyl sites for hydroxylation is 1. The van der Waals surface area contributed by atoms with Crippen molar-refractivity contribution in [3.05, 3.63) is 72.5 Å². The number of nitro groups is 1. The van der Waals surface area contributed by atoms with Crippen LogP contribution in [-0.4, -0.2) is 44.4 Å². The third-order valence-electron chi connectivity index (χ3n) is 4.36. The van der Waals surface area contributed by atoms with Gasteiger partial charge in [-0.1, -0.05) is 12.1 Å². The Morgan fingerprint density at radius 3 is 2.86 bits per heavy atom. The summed E-state index contributed by atoms with van der Waals surface area (Å²) in [6, 6.07) is 5.33. The van der Waals surface area contributed by atoms with E-state index in [1.54, 1.807) is 0 Å². The number of aliphatic hydroxyl groups excluding tert-OH is 1. The third-order valence-corrected chi connectivity index (χ3v) is 4.36. The molecule has 1 aliphatic rings. The summed E-state index contributed by atoms with van der Waals surface area (Å²) in [4.78, 5) is 48.0. The molecule has 1 saturated heterocycles. The van der Waals surface area contributed by atoms with Gasteiger partial charge in [0.25, 0.3) is 11.2 Å². The number of aliphatic hydroxyl groups is 1. The molecule has 1 aliphatic heterocycles. The molecule has 28 heavy (non-hydrogen) atoms. The number of carbonyl (C=O) groups excluding carboxylic acids is 1. The van der Waals surface area contributed by atoms with E-state index in [4.69, 9.17) is 9.47 Å². The maximum Gasteiger partial charge on any atom is 0.345 e. The molecule has 11 heteroatoms. The summed E-state index contributed by atoms with van der Waals surface area (Å²) in [7, 11) is 0. The first-order valence-corrected chi connectivity index (χ1v) is 8.34. The Balaban J connectivity index is 1.69. The molecule has 3 rings (SSSR count). The molecule has 1 aromatic carbocycles. The third kappa shape index (κ3) is 3.85. The Morgan fingerprint density at radius 2 is 2.14 bits per heavy atom. The van der Waals surface area contributed by atoms with Gasteiger partial charge in [0, 0.05) is 24.2 Å². The van der Waals surface area contributed by atoms with E-state index in [1.165, 1.54) is 37.4 Å². The molecular weight excluding hydrogens is 374 g/mol. The van der Waals surface area contributed by atoms with E-state index in [0.29, 0.717) is 5.56 Å². The molecule has 0 bridgehead atoms. The zero-order chi connectivity index (χ0) is 20.4. The topological polar surface area (TPSA) is 154 Å². The fourth-order valence-corrected chi connectivity index (χ4v) is 2.88. The zero-order valence-electron chi connectivity index (χ0n) is 14.7. The minimum atomic E-state index is -1.04. The number of benzene rings is 1. The van der Waals surface area contributed by atoms with Crippen molar-refractivity contribution in [2.75, 3.05) is 6.61 Å². The second kappa shape index (κ2) is 7.74. The van der Waals surface area contributed by atoms with Gasteiger partial charge in [-0.05, 0) is 13.0 Å². The number of H-pyrrole nitrogens is 1. The van der Waals surface area contributed by atoms with Crippen molar-refractivity contribution in [1.29, 1.82) is 0 Å². The van der Waals surface area contributed by atoms with Crippen molar-refractivity contribution in [3.8, 4) is 0 Å². The lowest BCUT2D eigenvalue weighted by Gasteiger charge is -2.16. The zero-order valence-corrected chi connectivity index (χ0v) is 14.7. The largest absolute Gasteiger partial charge is 0.459 e. The summed E-state index contributed by atoms with van der Waals surface area (Å²) in [6.07, 6.45) is -1.47. The summed E-state index contributed by atoms with van der Waals surface area (Å²) in [5.41, 5.74) is -1.53. The molecular formula is C17H17N3O8. The maximum atomic E-state index is 12.2. The molecule has 0 saturated carbocycles. The van der Waals surface area contributed by atoms with Gasteiger partial charge in [-0.15, -0.1) is 0 Å². The molecule has 0 amide bonds. The molecule has 0 unspecified atom stereocenters. The quantitative estimate of drug-likeness (QED) is 0.418. The molecule has 0 spiro atoms. The van der Waals surface area contributed by atoms with Crippen molar-refractivity contribution >= 4 is 11.7 Å². The highest BCUT2D eigenvalue weighted by Gasteiger charge is 2.36. The van der Waals surface area contributed by atoms with E-state index >= 15 is 0 Å². The Bertz CT molecular complexity index is 1030. The molecule has 0 radical (unpaired) electrons. The monoisotopic (exact) mass is 391 g/mol. The van der Waals surface area contributed by atoms with E-state index in [1.807, 2.05) is 0 Å². The van der Waals surface area contributed by atoms with Gasteiger partial charge in [-0.25, -0.2) is 9.59 Å². The lowest BCUT2D eigenvalue weighted by atomic mass is 10.1. The van der Waals surface area contributed by atoms with Crippen molar-refractivity contribution in [2.24, 2.45) is 0 Å². The van der Waals surface area contributed by atoms with Gasteiger partial charge in [0.15, 0.2) is 0 Å². The molecule has 11 nitrogen and oxygen atoms in total. The number of nitro benzene ring substituents is 1. The van der Waals surface area contributed by atoms with Crippen LogP contribution in [0.15, 0.2) is 40.1 Å². The molecule has 148 valence electrons. The number of para-hydroxylation sites is 1. The van der Waals surface area contributed by atoms with E-state index < -0.39 is 46.3 Å². The van der Waals surface area contributed by atoms with Crippen LogP contribution in [0, 0.1) is 17.0 Å². The fourth-order valence-electron chi connectivity index (χ4n) is 2.88. The lowest BCUT2D eigenvalue weighted by molar-refractivity contribution is -0.385. The van der Waals surface area contributed by atoms with Crippen LogP contribution in [0.25, 0.3) is 0 Å². The Morgan fingerprint density at radius 1 is 1.43 bits per heavy atom. The maximum absolute atomic E-state index is 12.2. The van der Waals surface area contributed by atoms with Crippen LogP contribution >= 0.6 is 0 Å². The molecule has 1 aromatic heterocycles. The molecule has 0 aliphatic carbocycles. The van der Waals surface area contributed by atoms with E-state index in [2.05, 4.69) is 4.98 Å². The minimum absolute atomic E-state index is 0.0408. The molecule has 2 heterocycles. The highest BCUT2D eigenvalue weighted by molar-refractivity contribution is 5.93. The first kappa shape index (κ1) is 19.5. The predicted molar refractivity (Wildman–Crippen MR) is 94.0 cm³/mol. The number of esters is 1. The molecule has 2 N–H and O–H groups in total. The SMILES string of the molecule is Cc1cn([C@H]2C[C@H](O)[C@@H](COC(=O)c3ccccc3[N+](=O)[O-])O2)c(=O)[nH]c1=O. The number of aromatic nitrogens is 2. The highest BCUT2D eigenvalue weighted by Crippen LogP contribution is 2.28. The van der Waals surface area contributed by atoms with Gasteiger partial charge in [0.05, 0.1) is 11.0 Å². The lowest BCUT2D eigenvalue weighted by Crippen LogP contribution is -2.33. The normalized spacial score (nSPS) is 21.4. The predicted octanol–water partition coefficient (Wildman–Crippen LogP) is 0.259. The summed E-state index contributed by atoms with van der Waals surface area (Å²) >= 11 is 0. The van der Waals surface area contributed by atoms with Gasteiger partial charge in [-0.3, -0.25) is 24.5 Å². The van der Waals surface area contributed by atoms with Gasteiger partial charge < -0.3 is 14.6 Å². The van der Waals surface area contributed by atoms with Crippen molar-refractivity contribution in [3.63, 3.8) is 0 Å². The minimum Gasteiger partial charge on any atom is -0.459 e. The van der Waals surface area contributed by atoms with Gasteiger partial charge >= 0.3 is 11.7 Å². The Hall–Kier alpha value is -3.31. The Kier molecular flexibility index (Phi) is 5.38. The van der Waals surface area contributed by atoms with Crippen LogP contribution in [0.4, 0.5) is 5.69 Å². The summed E-state index contributed by atoms with van der Waals surface area (Å²) in [6.45, 7) is 1.16. The van der Waals surface area contributed by atoms with Crippen LogP contribution in [-0.2, 0) is 9.47 Å². The standard InChI is InChI=1S/C17H17N3O8/c1-9-7-19(17(24)18-15(9)22)14-6-12(21)13(28-14)8-27-16(23)10-4-2-3-5-11(10)20(25)26/h2-5,7,12-14,21H,6,8H2,1H3,(H,18,22,24)/t12-,13+,14+/m0/s1. The molecule has 3 atom stereocenters. The van der Waals surface area contributed by atoms with Crippen LogP contribution in [0.2, 0.25) is 0 Å². The van der Waals surface area contributed by atoms with Gasteiger partial charge in [0.1, 0.15) is 24.5 Å². The van der Waals surface area contributed by atoms with E-state index in [-0.39, 0.29) is 18.6 Å². The number of hydrogen-bond donors (Lipinski definition) is 2. The van der Waals surface area contributed by atoms with Gasteiger partial charge in [-0.2, -0.15) is 0 Å². The van der Waals surface area contributed by atoms with Crippen LogP contribution in [0.5, 0.6) is 0 Å². The number of nitrogens with zero attached hydrogens (tertiary/aromatic N) is 2. The van der Waals surface area contributed by atoms with E-state index in [0.717, 1.165) is 4.57 Å². The van der Waals surface area contributed by atoms with E-state index in [9.17, 15) is 29.6 Å². The summed E-state index contributed by atoms with van der Waals surface area (Å²) < 4.78 is 11.8. The molecule has 1 fully saturated rings. The molecule has 2 aromatic rings. The number of aromatic amines is 1. The second-order valence-electron chi connectivity index (χ2n) is 6.28. The number of hydrogen-bond acceptors (Lipinski definition) is 8. The van der Waals surface area contributed by atoms with Crippen molar-refractivity contribution in [1.82, 2.24) is 9.55 Å². The van der Waals surface area contributed by atoms with Crippen LogP contribution in [0.1, 0.15) is 28.6 Å². The van der Waals surface area contributed by atoms with Crippen molar-refractivity contribution in [2.45, 2.75) is 31.8 Å². The van der Waals surface area contributed by atoms with Gasteiger partial charge in [0.2, 0.25) is 0 Å². The second-order valence-corrected chi connectivity index (χ2v) is 6.28. The Labute approximate surface area is 157 Å². The first-order valence-electron chi connectivity index (χ1n) is 8.34. The summed E-state index contributed by atoms with van der Waals surface area (Å²) in [5.74, 6) is -0.927. The smallest absolute Gasteiger partial charge is 0.345 e. The first-order chi connectivity index (χ1) is 13.3. The highest BCUT2D eigenvalue weighted by atomic mass is 16.6. The average Bonchev–Trinajstić information content (AvgIpc) is 3.03. The number of ether oxygens (including phenoxy) is 2. The number of rotatable bonds is 5. The summed E-state index contributed by atoms with van der Waals surface area (Å²) in [5, 5.41) is 21.1. The number of carbonyl (C=O) groups is 1. The van der Waals surface area contributed by atoms with Crippen LogP contribution in [0.3, 0.4) is 0 Å². The van der Waals surface area contributed by atoms with Crippen molar-refractivity contribution < 1.29 is 24.3 Å².